The molecule has 1 atom stereocenters. The standard InChI is InChI=1S/C14H20N4O/c1-2-13(19)17-10-6-7-11(17)14-16-15-12-8-4-3-5-9-18(12)14/h2,11H,1,3-10H2. The van der Waals surface area contributed by atoms with Crippen LogP contribution in [0.25, 0.3) is 0 Å². The highest BCUT2D eigenvalue weighted by atomic mass is 16.2. The van der Waals surface area contributed by atoms with Crippen molar-refractivity contribution in [3.05, 3.63) is 24.3 Å². The van der Waals surface area contributed by atoms with E-state index >= 15 is 0 Å². The zero-order valence-corrected chi connectivity index (χ0v) is 11.2. The minimum atomic E-state index is 0.00784. The van der Waals surface area contributed by atoms with Crippen molar-refractivity contribution in [2.75, 3.05) is 6.54 Å². The second-order valence-electron chi connectivity index (χ2n) is 5.33. The lowest BCUT2D eigenvalue weighted by Crippen LogP contribution is -2.30. The number of amides is 1. The summed E-state index contributed by atoms with van der Waals surface area (Å²) in [6.45, 7) is 5.38. The second kappa shape index (κ2) is 5.15. The smallest absolute Gasteiger partial charge is 0.246 e. The molecular weight excluding hydrogens is 240 g/mol. The molecule has 1 aromatic heterocycles. The largest absolute Gasteiger partial charge is 0.329 e. The normalized spacial score (nSPS) is 22.9. The van der Waals surface area contributed by atoms with Crippen LogP contribution in [0.5, 0.6) is 0 Å². The van der Waals surface area contributed by atoms with E-state index in [0.29, 0.717) is 0 Å². The second-order valence-corrected chi connectivity index (χ2v) is 5.33. The molecule has 3 rings (SSSR count). The van der Waals surface area contributed by atoms with Crippen molar-refractivity contribution < 1.29 is 4.79 Å². The van der Waals surface area contributed by atoms with Crippen LogP contribution in [0.3, 0.4) is 0 Å². The van der Waals surface area contributed by atoms with Gasteiger partial charge in [-0.3, -0.25) is 4.79 Å². The molecule has 3 heterocycles. The van der Waals surface area contributed by atoms with E-state index in [1.54, 1.807) is 0 Å². The van der Waals surface area contributed by atoms with E-state index in [1.165, 1.54) is 25.3 Å². The highest BCUT2D eigenvalue weighted by Gasteiger charge is 2.33. The van der Waals surface area contributed by atoms with Gasteiger partial charge in [0.25, 0.3) is 0 Å². The van der Waals surface area contributed by atoms with Gasteiger partial charge in [0.1, 0.15) is 5.82 Å². The van der Waals surface area contributed by atoms with E-state index in [1.807, 2.05) is 4.90 Å². The molecule has 0 saturated carbocycles. The van der Waals surface area contributed by atoms with Crippen LogP contribution in [0, 0.1) is 0 Å². The van der Waals surface area contributed by atoms with Crippen molar-refractivity contribution in [1.82, 2.24) is 19.7 Å². The Hall–Kier alpha value is -1.65. The molecule has 1 saturated heterocycles. The average Bonchev–Trinajstić information content (AvgIpc) is 2.99. The summed E-state index contributed by atoms with van der Waals surface area (Å²) in [5, 5.41) is 8.70. The molecule has 5 nitrogen and oxygen atoms in total. The SMILES string of the molecule is C=CC(=O)N1CCCC1c1nnc2n1CCCCC2. The van der Waals surface area contributed by atoms with E-state index in [0.717, 1.165) is 44.0 Å². The number of aryl methyl sites for hydroxylation is 1. The molecule has 0 radical (unpaired) electrons. The molecule has 1 fully saturated rings. The summed E-state index contributed by atoms with van der Waals surface area (Å²) in [7, 11) is 0. The van der Waals surface area contributed by atoms with Crippen LogP contribution < -0.4 is 0 Å². The van der Waals surface area contributed by atoms with Gasteiger partial charge in [0.05, 0.1) is 6.04 Å². The van der Waals surface area contributed by atoms with Gasteiger partial charge in [0.2, 0.25) is 5.91 Å². The fourth-order valence-corrected chi connectivity index (χ4v) is 3.17. The summed E-state index contributed by atoms with van der Waals surface area (Å²) < 4.78 is 2.24. The first-order chi connectivity index (χ1) is 9.31. The van der Waals surface area contributed by atoms with E-state index in [2.05, 4.69) is 21.3 Å². The van der Waals surface area contributed by atoms with Crippen molar-refractivity contribution in [2.45, 2.75) is 51.1 Å². The van der Waals surface area contributed by atoms with Crippen molar-refractivity contribution in [1.29, 1.82) is 0 Å². The third kappa shape index (κ3) is 2.17. The van der Waals surface area contributed by atoms with Gasteiger partial charge in [-0.25, -0.2) is 0 Å². The van der Waals surface area contributed by atoms with E-state index < -0.39 is 0 Å². The number of nitrogens with zero attached hydrogens (tertiary/aromatic N) is 4. The van der Waals surface area contributed by atoms with Gasteiger partial charge in [-0.2, -0.15) is 0 Å². The molecule has 2 aliphatic rings. The maximum Gasteiger partial charge on any atom is 0.246 e. The van der Waals surface area contributed by atoms with Gasteiger partial charge in [0, 0.05) is 19.5 Å². The topological polar surface area (TPSA) is 51.0 Å². The Morgan fingerprint density at radius 1 is 1.21 bits per heavy atom. The predicted octanol–water partition coefficient (Wildman–Crippen LogP) is 1.85. The third-order valence-electron chi connectivity index (χ3n) is 4.15. The molecule has 0 aromatic carbocycles. The lowest BCUT2D eigenvalue weighted by Gasteiger charge is -2.23. The summed E-state index contributed by atoms with van der Waals surface area (Å²) in [4.78, 5) is 13.8. The quantitative estimate of drug-likeness (QED) is 0.763. The molecule has 102 valence electrons. The van der Waals surface area contributed by atoms with Gasteiger partial charge < -0.3 is 9.47 Å². The van der Waals surface area contributed by atoms with Gasteiger partial charge in [0.15, 0.2) is 5.82 Å². The Labute approximate surface area is 113 Å². The fraction of sp³-hybridized carbons (Fsp3) is 0.643. The van der Waals surface area contributed by atoms with E-state index in [4.69, 9.17) is 0 Å². The van der Waals surface area contributed by atoms with Crippen LogP contribution in [-0.4, -0.2) is 32.1 Å². The number of carbonyl (C=O) groups is 1. The predicted molar refractivity (Wildman–Crippen MR) is 71.5 cm³/mol. The lowest BCUT2D eigenvalue weighted by atomic mass is 10.2. The molecule has 0 bridgehead atoms. The first kappa shape index (κ1) is 12.4. The van der Waals surface area contributed by atoms with Crippen LogP contribution in [0.2, 0.25) is 0 Å². The van der Waals surface area contributed by atoms with Crippen molar-refractivity contribution in [2.24, 2.45) is 0 Å². The molecule has 0 aliphatic carbocycles. The number of fused-ring (bicyclic) bond motifs is 1. The zero-order valence-electron chi connectivity index (χ0n) is 11.2. The first-order valence-corrected chi connectivity index (χ1v) is 7.16. The first-order valence-electron chi connectivity index (χ1n) is 7.16. The number of hydrogen-bond donors (Lipinski definition) is 0. The van der Waals surface area contributed by atoms with Crippen LogP contribution in [0.4, 0.5) is 0 Å². The van der Waals surface area contributed by atoms with Crippen molar-refractivity contribution in [3.63, 3.8) is 0 Å². The summed E-state index contributed by atoms with van der Waals surface area (Å²) >= 11 is 0. The molecule has 19 heavy (non-hydrogen) atoms. The van der Waals surface area contributed by atoms with Gasteiger partial charge >= 0.3 is 0 Å². The Morgan fingerprint density at radius 2 is 2.11 bits per heavy atom. The third-order valence-corrected chi connectivity index (χ3v) is 4.15. The number of aromatic nitrogens is 3. The summed E-state index contributed by atoms with van der Waals surface area (Å²) in [6.07, 6.45) is 8.05. The van der Waals surface area contributed by atoms with E-state index in [9.17, 15) is 4.79 Å². The van der Waals surface area contributed by atoms with Crippen molar-refractivity contribution in [3.8, 4) is 0 Å². The van der Waals surface area contributed by atoms with Gasteiger partial charge in [-0.1, -0.05) is 13.0 Å². The minimum Gasteiger partial charge on any atom is -0.329 e. The fourth-order valence-electron chi connectivity index (χ4n) is 3.17. The minimum absolute atomic E-state index is 0.00784. The van der Waals surface area contributed by atoms with Crippen LogP contribution in [0.1, 0.15) is 49.8 Å². The zero-order chi connectivity index (χ0) is 13.2. The van der Waals surface area contributed by atoms with Gasteiger partial charge in [-0.15, -0.1) is 10.2 Å². The highest BCUT2D eigenvalue weighted by molar-refractivity contribution is 5.87. The molecule has 0 spiro atoms. The van der Waals surface area contributed by atoms with E-state index in [-0.39, 0.29) is 11.9 Å². The maximum atomic E-state index is 11.9. The number of rotatable bonds is 2. The number of carbonyl (C=O) groups excluding carboxylic acids is 1. The Morgan fingerprint density at radius 3 is 2.95 bits per heavy atom. The Bertz CT molecular complexity index is 494. The lowest BCUT2D eigenvalue weighted by molar-refractivity contribution is -0.127. The van der Waals surface area contributed by atoms with Crippen LogP contribution >= 0.6 is 0 Å². The maximum absolute atomic E-state index is 11.9. The molecule has 5 heteroatoms. The molecule has 2 aliphatic heterocycles. The summed E-state index contributed by atoms with van der Waals surface area (Å²) in [5.41, 5.74) is 0. The molecule has 1 aromatic rings. The summed E-state index contributed by atoms with van der Waals surface area (Å²) in [6, 6.07) is 0.0878. The summed E-state index contributed by atoms with van der Waals surface area (Å²) in [5.74, 6) is 2.07. The van der Waals surface area contributed by atoms with Crippen molar-refractivity contribution >= 4 is 5.91 Å². The molecular formula is C14H20N4O. The van der Waals surface area contributed by atoms with Crippen LogP contribution in [-0.2, 0) is 17.8 Å². The molecule has 1 unspecified atom stereocenters. The van der Waals surface area contributed by atoms with Gasteiger partial charge in [-0.05, 0) is 31.8 Å². The Balaban J connectivity index is 1.91. The molecule has 0 N–H and O–H groups in total. The molecule has 1 amide bonds. The Kier molecular flexibility index (Phi) is 3.36. The monoisotopic (exact) mass is 260 g/mol. The average molecular weight is 260 g/mol. The van der Waals surface area contributed by atoms with Crippen LogP contribution in [0.15, 0.2) is 12.7 Å². The number of hydrogen-bond acceptors (Lipinski definition) is 3. The highest BCUT2D eigenvalue weighted by Crippen LogP contribution is 2.32. The number of likely N-dealkylation sites (tertiary alicyclic amines) is 1.